The van der Waals surface area contributed by atoms with Crippen LogP contribution in [0.3, 0.4) is 0 Å². The van der Waals surface area contributed by atoms with Crippen molar-refractivity contribution in [1.82, 2.24) is 0 Å². The molecule has 2 N–H and O–H groups in total. The minimum atomic E-state index is 0.0783. The van der Waals surface area contributed by atoms with Crippen LogP contribution >= 0.6 is 0 Å². The quantitative estimate of drug-likeness (QED) is 0.885. The topological polar surface area (TPSA) is 53.7 Å². The predicted octanol–water partition coefficient (Wildman–Crippen LogP) is 3.39. The van der Waals surface area contributed by atoms with Gasteiger partial charge in [0.05, 0.1) is 14.2 Å². The van der Waals surface area contributed by atoms with E-state index >= 15 is 0 Å². The monoisotopic (exact) mass is 287 g/mol. The summed E-state index contributed by atoms with van der Waals surface area (Å²) in [6, 6.07) is 13.4. The maximum absolute atomic E-state index is 5.98. The van der Waals surface area contributed by atoms with E-state index in [1.165, 1.54) is 0 Å². The molecule has 0 fully saturated rings. The van der Waals surface area contributed by atoms with Crippen molar-refractivity contribution in [2.24, 2.45) is 5.73 Å². The number of hydrogen-bond donors (Lipinski definition) is 1. The van der Waals surface area contributed by atoms with E-state index in [9.17, 15) is 0 Å². The highest BCUT2D eigenvalue weighted by molar-refractivity contribution is 5.45. The van der Waals surface area contributed by atoms with Gasteiger partial charge in [0.1, 0.15) is 23.0 Å². The Kier molecular flexibility index (Phi) is 5.06. The third kappa shape index (κ3) is 4.13. The minimum absolute atomic E-state index is 0.0783. The Morgan fingerprint density at radius 3 is 2.10 bits per heavy atom. The molecule has 0 aliphatic rings. The van der Waals surface area contributed by atoms with E-state index in [0.717, 1.165) is 17.7 Å². The van der Waals surface area contributed by atoms with E-state index in [1.807, 2.05) is 43.3 Å². The standard InChI is InChI=1S/C17H21NO3/c1-12(18)8-13-6-4-5-7-17(13)21-16-10-14(19-2)9-15(11-16)20-3/h4-7,9-12H,8,18H2,1-3H3. The van der Waals surface area contributed by atoms with Crippen LogP contribution in [0.25, 0.3) is 0 Å². The van der Waals surface area contributed by atoms with Crippen molar-refractivity contribution in [2.45, 2.75) is 19.4 Å². The lowest BCUT2D eigenvalue weighted by atomic mass is 10.1. The first-order valence-electron chi connectivity index (χ1n) is 6.86. The maximum Gasteiger partial charge on any atom is 0.134 e. The first kappa shape index (κ1) is 15.2. The van der Waals surface area contributed by atoms with Gasteiger partial charge in [-0.3, -0.25) is 0 Å². The van der Waals surface area contributed by atoms with Gasteiger partial charge in [-0.2, -0.15) is 0 Å². The molecule has 112 valence electrons. The van der Waals surface area contributed by atoms with Gasteiger partial charge in [-0.05, 0) is 25.0 Å². The lowest BCUT2D eigenvalue weighted by molar-refractivity contribution is 0.386. The van der Waals surface area contributed by atoms with Crippen molar-refractivity contribution in [3.63, 3.8) is 0 Å². The Balaban J connectivity index is 2.29. The number of para-hydroxylation sites is 1. The summed E-state index contributed by atoms with van der Waals surface area (Å²) in [4.78, 5) is 0. The van der Waals surface area contributed by atoms with E-state index < -0.39 is 0 Å². The number of methoxy groups -OCH3 is 2. The molecule has 0 saturated carbocycles. The molecule has 1 unspecified atom stereocenters. The molecular formula is C17H21NO3. The smallest absolute Gasteiger partial charge is 0.134 e. The third-order valence-electron chi connectivity index (χ3n) is 3.07. The van der Waals surface area contributed by atoms with Gasteiger partial charge in [0, 0.05) is 24.2 Å². The summed E-state index contributed by atoms with van der Waals surface area (Å²) in [7, 11) is 3.23. The van der Waals surface area contributed by atoms with Gasteiger partial charge in [-0.15, -0.1) is 0 Å². The van der Waals surface area contributed by atoms with Crippen LogP contribution in [-0.4, -0.2) is 20.3 Å². The molecule has 2 aromatic carbocycles. The predicted molar refractivity (Wildman–Crippen MR) is 83.4 cm³/mol. The molecule has 0 radical (unpaired) electrons. The molecule has 4 nitrogen and oxygen atoms in total. The van der Waals surface area contributed by atoms with E-state index in [4.69, 9.17) is 19.9 Å². The lowest BCUT2D eigenvalue weighted by Gasteiger charge is -2.14. The highest BCUT2D eigenvalue weighted by atomic mass is 16.5. The van der Waals surface area contributed by atoms with Crippen LogP contribution in [0.1, 0.15) is 12.5 Å². The molecule has 0 amide bonds. The second-order valence-corrected chi connectivity index (χ2v) is 4.94. The van der Waals surface area contributed by atoms with Gasteiger partial charge >= 0.3 is 0 Å². The average Bonchev–Trinajstić information content (AvgIpc) is 2.48. The summed E-state index contributed by atoms with van der Waals surface area (Å²) >= 11 is 0. The number of hydrogen-bond acceptors (Lipinski definition) is 4. The van der Waals surface area contributed by atoms with Crippen LogP contribution in [0.15, 0.2) is 42.5 Å². The Morgan fingerprint density at radius 1 is 0.952 bits per heavy atom. The van der Waals surface area contributed by atoms with E-state index in [0.29, 0.717) is 17.2 Å². The summed E-state index contributed by atoms with van der Waals surface area (Å²) in [6.45, 7) is 1.98. The number of benzene rings is 2. The van der Waals surface area contributed by atoms with Crippen molar-refractivity contribution in [1.29, 1.82) is 0 Å². The van der Waals surface area contributed by atoms with Crippen molar-refractivity contribution in [3.8, 4) is 23.0 Å². The summed E-state index contributed by atoms with van der Waals surface area (Å²) in [5.41, 5.74) is 6.96. The van der Waals surface area contributed by atoms with E-state index in [1.54, 1.807) is 20.3 Å². The number of nitrogens with two attached hydrogens (primary N) is 1. The van der Waals surface area contributed by atoms with Gasteiger partial charge in [0.25, 0.3) is 0 Å². The second kappa shape index (κ2) is 6.99. The van der Waals surface area contributed by atoms with Crippen LogP contribution in [-0.2, 0) is 6.42 Å². The molecule has 2 aromatic rings. The molecule has 1 atom stereocenters. The van der Waals surface area contributed by atoms with Crippen LogP contribution in [0.5, 0.6) is 23.0 Å². The number of ether oxygens (including phenoxy) is 3. The largest absolute Gasteiger partial charge is 0.496 e. The summed E-state index contributed by atoms with van der Waals surface area (Å²) in [6.07, 6.45) is 0.761. The SMILES string of the molecule is COc1cc(OC)cc(Oc2ccccc2CC(C)N)c1. The summed E-state index contributed by atoms with van der Waals surface area (Å²) in [5.74, 6) is 2.84. The highest BCUT2D eigenvalue weighted by Gasteiger charge is 2.09. The Hall–Kier alpha value is -2.20. The van der Waals surface area contributed by atoms with Crippen LogP contribution in [0.4, 0.5) is 0 Å². The molecular weight excluding hydrogens is 266 g/mol. The Morgan fingerprint density at radius 2 is 1.52 bits per heavy atom. The molecule has 21 heavy (non-hydrogen) atoms. The Labute approximate surface area is 125 Å². The van der Waals surface area contributed by atoms with Gasteiger partial charge in [-0.1, -0.05) is 18.2 Å². The normalized spacial score (nSPS) is 11.8. The zero-order valence-corrected chi connectivity index (χ0v) is 12.6. The number of rotatable bonds is 6. The molecule has 0 bridgehead atoms. The van der Waals surface area contributed by atoms with Gasteiger partial charge in [0.15, 0.2) is 0 Å². The molecule has 0 spiro atoms. The molecule has 0 aliphatic heterocycles. The van der Waals surface area contributed by atoms with Crippen LogP contribution in [0.2, 0.25) is 0 Å². The molecule has 0 heterocycles. The first-order chi connectivity index (χ1) is 10.1. The maximum atomic E-state index is 5.98. The van der Waals surface area contributed by atoms with Crippen LogP contribution in [0, 0.1) is 0 Å². The van der Waals surface area contributed by atoms with E-state index in [2.05, 4.69) is 0 Å². The lowest BCUT2D eigenvalue weighted by Crippen LogP contribution is -2.18. The van der Waals surface area contributed by atoms with Crippen molar-refractivity contribution in [2.75, 3.05) is 14.2 Å². The molecule has 0 aromatic heterocycles. The fourth-order valence-corrected chi connectivity index (χ4v) is 2.09. The van der Waals surface area contributed by atoms with Crippen molar-refractivity contribution < 1.29 is 14.2 Å². The minimum Gasteiger partial charge on any atom is -0.496 e. The fraction of sp³-hybridized carbons (Fsp3) is 0.294. The summed E-state index contributed by atoms with van der Waals surface area (Å²) in [5, 5.41) is 0. The zero-order chi connectivity index (χ0) is 15.2. The third-order valence-corrected chi connectivity index (χ3v) is 3.07. The van der Waals surface area contributed by atoms with E-state index in [-0.39, 0.29) is 6.04 Å². The fourth-order valence-electron chi connectivity index (χ4n) is 2.09. The van der Waals surface area contributed by atoms with Gasteiger partial charge < -0.3 is 19.9 Å². The second-order valence-electron chi connectivity index (χ2n) is 4.94. The summed E-state index contributed by atoms with van der Waals surface area (Å²) < 4.78 is 16.5. The average molecular weight is 287 g/mol. The van der Waals surface area contributed by atoms with Gasteiger partial charge in [0.2, 0.25) is 0 Å². The van der Waals surface area contributed by atoms with Crippen molar-refractivity contribution >= 4 is 0 Å². The highest BCUT2D eigenvalue weighted by Crippen LogP contribution is 2.32. The molecule has 0 aliphatic carbocycles. The first-order valence-corrected chi connectivity index (χ1v) is 6.86. The van der Waals surface area contributed by atoms with Crippen LogP contribution < -0.4 is 19.9 Å². The Bertz CT molecular complexity index is 574. The molecule has 0 saturated heterocycles. The molecule has 2 rings (SSSR count). The van der Waals surface area contributed by atoms with Crippen molar-refractivity contribution in [3.05, 3.63) is 48.0 Å². The molecule has 4 heteroatoms. The zero-order valence-electron chi connectivity index (χ0n) is 12.6. The van der Waals surface area contributed by atoms with Gasteiger partial charge in [-0.25, -0.2) is 0 Å².